The maximum Gasteiger partial charge on any atom is 0.251 e. The van der Waals surface area contributed by atoms with E-state index in [1.807, 2.05) is 30.0 Å². The zero-order chi connectivity index (χ0) is 16.4. The normalized spacial score (nSPS) is 24.9. The van der Waals surface area contributed by atoms with Gasteiger partial charge in [-0.25, -0.2) is 0 Å². The molecule has 4 rings (SSSR count). The van der Waals surface area contributed by atoms with Gasteiger partial charge in [0.15, 0.2) is 0 Å². The number of nitrogens with one attached hydrogen (secondary N) is 1. The third-order valence-electron chi connectivity index (χ3n) is 5.42. The van der Waals surface area contributed by atoms with Crippen LogP contribution in [0, 0.1) is 11.8 Å². The number of rotatable bonds is 5. The SMILES string of the molecule is O=C(N[C@H]1C[C@@H]2CC[C@H]1C2)c1ccc(CSc2ccccc2)cc1. The molecule has 2 saturated carbocycles. The van der Waals surface area contributed by atoms with Crippen molar-refractivity contribution >= 4 is 17.7 Å². The van der Waals surface area contributed by atoms with Gasteiger partial charge >= 0.3 is 0 Å². The Kier molecular flexibility index (Phi) is 4.61. The minimum atomic E-state index is 0.0924. The van der Waals surface area contributed by atoms with Crippen molar-refractivity contribution in [3.05, 3.63) is 65.7 Å². The lowest BCUT2D eigenvalue weighted by atomic mass is 9.95. The molecule has 2 aliphatic rings. The average Bonchev–Trinajstić information content (AvgIpc) is 3.24. The van der Waals surface area contributed by atoms with Crippen LogP contribution in [0.4, 0.5) is 0 Å². The van der Waals surface area contributed by atoms with Crippen molar-refractivity contribution in [3.8, 4) is 0 Å². The van der Waals surface area contributed by atoms with Gasteiger partial charge in [-0.2, -0.15) is 0 Å². The van der Waals surface area contributed by atoms with Crippen molar-refractivity contribution in [2.24, 2.45) is 11.8 Å². The largest absolute Gasteiger partial charge is 0.349 e. The van der Waals surface area contributed by atoms with Crippen molar-refractivity contribution in [1.29, 1.82) is 0 Å². The molecule has 124 valence electrons. The van der Waals surface area contributed by atoms with E-state index in [0.29, 0.717) is 6.04 Å². The summed E-state index contributed by atoms with van der Waals surface area (Å²) < 4.78 is 0. The van der Waals surface area contributed by atoms with Crippen LogP contribution >= 0.6 is 11.8 Å². The van der Waals surface area contributed by atoms with E-state index in [2.05, 4.69) is 41.7 Å². The van der Waals surface area contributed by atoms with Crippen LogP contribution in [0.25, 0.3) is 0 Å². The molecule has 0 aliphatic heterocycles. The van der Waals surface area contributed by atoms with E-state index in [9.17, 15) is 4.79 Å². The Morgan fingerprint density at radius 2 is 1.79 bits per heavy atom. The molecule has 2 nitrogen and oxygen atoms in total. The molecular weight excluding hydrogens is 314 g/mol. The molecule has 2 bridgehead atoms. The maximum absolute atomic E-state index is 12.5. The molecule has 2 aromatic rings. The summed E-state index contributed by atoms with van der Waals surface area (Å²) in [6.07, 6.45) is 5.17. The van der Waals surface area contributed by atoms with Crippen LogP contribution in [0.15, 0.2) is 59.5 Å². The molecule has 0 heterocycles. The predicted octanol–water partition coefficient (Wildman–Crippen LogP) is 4.90. The minimum absolute atomic E-state index is 0.0924. The van der Waals surface area contributed by atoms with Crippen LogP contribution in [0.1, 0.15) is 41.6 Å². The summed E-state index contributed by atoms with van der Waals surface area (Å²) >= 11 is 1.82. The second kappa shape index (κ2) is 7.02. The van der Waals surface area contributed by atoms with Gasteiger partial charge in [-0.05, 0) is 60.9 Å². The van der Waals surface area contributed by atoms with E-state index >= 15 is 0 Å². The van der Waals surface area contributed by atoms with Gasteiger partial charge in [0.1, 0.15) is 0 Å². The molecule has 24 heavy (non-hydrogen) atoms. The molecule has 2 aliphatic carbocycles. The average molecular weight is 337 g/mol. The van der Waals surface area contributed by atoms with E-state index < -0.39 is 0 Å². The van der Waals surface area contributed by atoms with Crippen LogP contribution in [0.3, 0.4) is 0 Å². The standard InChI is InChI=1S/C21H23NOS/c23-21(22-20-13-16-8-11-18(20)12-16)17-9-6-15(7-10-17)14-24-19-4-2-1-3-5-19/h1-7,9-10,16,18,20H,8,11-14H2,(H,22,23)/t16-,18+,20+/m1/s1. The molecule has 0 spiro atoms. The highest BCUT2D eigenvalue weighted by Gasteiger charge is 2.40. The van der Waals surface area contributed by atoms with Crippen LogP contribution in [-0.4, -0.2) is 11.9 Å². The van der Waals surface area contributed by atoms with Gasteiger partial charge in [0.25, 0.3) is 5.91 Å². The monoisotopic (exact) mass is 337 g/mol. The van der Waals surface area contributed by atoms with Crippen molar-refractivity contribution in [2.45, 2.75) is 42.4 Å². The first kappa shape index (κ1) is 15.8. The van der Waals surface area contributed by atoms with Gasteiger partial charge in [-0.3, -0.25) is 4.79 Å². The maximum atomic E-state index is 12.5. The Hall–Kier alpha value is -1.74. The summed E-state index contributed by atoms with van der Waals surface area (Å²) in [4.78, 5) is 13.7. The van der Waals surface area contributed by atoms with Gasteiger partial charge in [0.05, 0.1) is 0 Å². The summed E-state index contributed by atoms with van der Waals surface area (Å²) in [5.41, 5.74) is 2.03. The number of hydrogen-bond acceptors (Lipinski definition) is 2. The number of amides is 1. The Labute approximate surface area is 148 Å². The van der Waals surface area contributed by atoms with E-state index in [0.717, 1.165) is 23.2 Å². The van der Waals surface area contributed by atoms with E-state index in [1.54, 1.807) is 0 Å². The first-order valence-corrected chi connectivity index (χ1v) is 9.84. The second-order valence-electron chi connectivity index (χ2n) is 7.05. The van der Waals surface area contributed by atoms with Crippen molar-refractivity contribution in [1.82, 2.24) is 5.32 Å². The summed E-state index contributed by atoms with van der Waals surface area (Å²) in [7, 11) is 0. The van der Waals surface area contributed by atoms with Gasteiger partial charge in [-0.15, -0.1) is 11.8 Å². The lowest BCUT2D eigenvalue weighted by Gasteiger charge is -2.22. The molecule has 0 radical (unpaired) electrons. The summed E-state index contributed by atoms with van der Waals surface area (Å²) in [5.74, 6) is 2.60. The van der Waals surface area contributed by atoms with Gasteiger partial charge < -0.3 is 5.32 Å². The smallest absolute Gasteiger partial charge is 0.251 e. The highest BCUT2D eigenvalue weighted by molar-refractivity contribution is 7.98. The molecule has 0 saturated heterocycles. The van der Waals surface area contributed by atoms with Gasteiger partial charge in [-0.1, -0.05) is 36.8 Å². The number of carbonyl (C=O) groups is 1. The number of thioether (sulfide) groups is 1. The van der Waals surface area contributed by atoms with Crippen LogP contribution < -0.4 is 5.32 Å². The zero-order valence-corrected chi connectivity index (χ0v) is 14.6. The summed E-state index contributed by atoms with van der Waals surface area (Å²) in [6.45, 7) is 0. The number of benzene rings is 2. The second-order valence-corrected chi connectivity index (χ2v) is 8.10. The quantitative estimate of drug-likeness (QED) is 0.787. The molecule has 0 unspecified atom stereocenters. The van der Waals surface area contributed by atoms with E-state index in [-0.39, 0.29) is 5.91 Å². The lowest BCUT2D eigenvalue weighted by Crippen LogP contribution is -2.38. The molecular formula is C21H23NOS. The Morgan fingerprint density at radius 3 is 2.46 bits per heavy atom. The molecule has 0 aromatic heterocycles. The zero-order valence-electron chi connectivity index (χ0n) is 13.8. The molecule has 1 N–H and O–H groups in total. The minimum Gasteiger partial charge on any atom is -0.349 e. The fourth-order valence-electron chi connectivity index (χ4n) is 4.11. The van der Waals surface area contributed by atoms with Gasteiger partial charge in [0.2, 0.25) is 0 Å². The van der Waals surface area contributed by atoms with Crippen molar-refractivity contribution in [2.75, 3.05) is 0 Å². The molecule has 2 fully saturated rings. The first-order chi connectivity index (χ1) is 11.8. The molecule has 1 amide bonds. The summed E-state index contributed by atoms with van der Waals surface area (Å²) in [6, 6.07) is 18.9. The topological polar surface area (TPSA) is 29.1 Å². The fraction of sp³-hybridized carbons (Fsp3) is 0.381. The third kappa shape index (κ3) is 3.51. The third-order valence-corrected chi connectivity index (χ3v) is 6.50. The highest BCUT2D eigenvalue weighted by Crippen LogP contribution is 2.44. The predicted molar refractivity (Wildman–Crippen MR) is 99.1 cm³/mol. The van der Waals surface area contributed by atoms with Crippen LogP contribution in [-0.2, 0) is 5.75 Å². The van der Waals surface area contributed by atoms with Crippen molar-refractivity contribution in [3.63, 3.8) is 0 Å². The van der Waals surface area contributed by atoms with Crippen LogP contribution in [0.5, 0.6) is 0 Å². The van der Waals surface area contributed by atoms with Gasteiger partial charge in [0, 0.05) is 22.3 Å². The lowest BCUT2D eigenvalue weighted by molar-refractivity contribution is 0.0923. The molecule has 3 heteroatoms. The number of fused-ring (bicyclic) bond motifs is 2. The number of hydrogen-bond donors (Lipinski definition) is 1. The summed E-state index contributed by atoms with van der Waals surface area (Å²) in [5, 5.41) is 3.26. The van der Waals surface area contributed by atoms with E-state index in [4.69, 9.17) is 0 Å². The fourth-order valence-corrected chi connectivity index (χ4v) is 4.98. The number of carbonyl (C=O) groups excluding carboxylic acids is 1. The Bertz CT molecular complexity index is 698. The molecule has 2 aromatic carbocycles. The Balaban J connectivity index is 1.32. The van der Waals surface area contributed by atoms with E-state index in [1.165, 1.54) is 36.1 Å². The highest BCUT2D eigenvalue weighted by atomic mass is 32.2. The first-order valence-electron chi connectivity index (χ1n) is 8.85. The van der Waals surface area contributed by atoms with Crippen molar-refractivity contribution < 1.29 is 4.79 Å². The molecule has 3 atom stereocenters. The Morgan fingerprint density at radius 1 is 1.00 bits per heavy atom. The van der Waals surface area contributed by atoms with Crippen LogP contribution in [0.2, 0.25) is 0 Å².